The summed E-state index contributed by atoms with van der Waals surface area (Å²) in [5.74, 6) is -3.68. The lowest BCUT2D eigenvalue weighted by atomic mass is 9.73. The highest BCUT2D eigenvalue weighted by Gasteiger charge is 2.60. The van der Waals surface area contributed by atoms with Gasteiger partial charge in [-0.15, -0.1) is 0 Å². The molecule has 5 aliphatic heterocycles. The molecular formula is C41H72N2O10. The minimum absolute atomic E-state index is 0.0329. The molecule has 0 bridgehead atoms. The van der Waals surface area contributed by atoms with E-state index in [1.807, 2.05) is 40.7 Å². The van der Waals surface area contributed by atoms with Crippen molar-refractivity contribution in [1.82, 2.24) is 4.90 Å². The first-order chi connectivity index (χ1) is 25.0. The fraction of sp³-hybridized carbons (Fsp3) is 0.927. The van der Waals surface area contributed by atoms with E-state index in [0.29, 0.717) is 51.4 Å². The number of hydrogen-bond donors (Lipinski definition) is 5. The van der Waals surface area contributed by atoms with Crippen LogP contribution >= 0.6 is 0 Å². The molecule has 4 fully saturated rings. The fourth-order valence-electron chi connectivity index (χ4n) is 10.2. The number of ether oxygens (including phenoxy) is 5. The summed E-state index contributed by atoms with van der Waals surface area (Å²) >= 11 is 0. The van der Waals surface area contributed by atoms with Crippen LogP contribution in [0.25, 0.3) is 0 Å². The quantitative estimate of drug-likeness (QED) is 0.182. The fourth-order valence-corrected chi connectivity index (χ4v) is 10.2. The molecule has 0 aromatic rings. The van der Waals surface area contributed by atoms with Crippen LogP contribution in [0, 0.1) is 29.6 Å². The van der Waals surface area contributed by atoms with Crippen LogP contribution in [0.3, 0.4) is 0 Å². The number of carbonyl (C=O) groups is 1. The van der Waals surface area contributed by atoms with E-state index in [4.69, 9.17) is 29.4 Å². The van der Waals surface area contributed by atoms with Crippen LogP contribution in [0.1, 0.15) is 119 Å². The van der Waals surface area contributed by atoms with Crippen molar-refractivity contribution in [2.75, 3.05) is 14.1 Å². The molecule has 0 aromatic heterocycles. The monoisotopic (exact) mass is 753 g/mol. The third-order valence-electron chi connectivity index (χ3n) is 13.9. The maximum atomic E-state index is 12.9. The van der Waals surface area contributed by atoms with Crippen molar-refractivity contribution in [2.45, 2.75) is 197 Å². The van der Waals surface area contributed by atoms with Gasteiger partial charge in [0.25, 0.3) is 0 Å². The summed E-state index contributed by atoms with van der Waals surface area (Å²) in [6.45, 7) is 13.9. The second-order valence-corrected chi connectivity index (χ2v) is 17.5. The zero-order valence-corrected chi connectivity index (χ0v) is 33.9. The standard InChI is InChI=1S/C41H72N2O10/c1-10-27(38(47)43(8)9)29-14-13-15-32(50-29)34(42)36(46)25(6)35(45)28(11-2)37-23(4)22-24(5)40(52-37)21-18-33(44)41(53-40)20-17-31(51-41)30-16-19-39(48,12-3)26(7)49-30/h18,21,23-37,44-46,48H,10-17,19-20,22,42H2,1-9H3/t23-,24+,25+,26-,27+,28-,29+,30+,31?,32+,33+,34+,35+,36+,37-,39+,40-,41-/m0/s1. The topological polar surface area (TPSA) is 173 Å². The summed E-state index contributed by atoms with van der Waals surface area (Å²) in [6.07, 6.45) is 5.88. The van der Waals surface area contributed by atoms with Gasteiger partial charge < -0.3 is 54.7 Å². The molecule has 2 spiro atoms. The average Bonchev–Trinajstić information content (AvgIpc) is 3.57. The maximum absolute atomic E-state index is 12.9. The van der Waals surface area contributed by atoms with E-state index in [0.717, 1.165) is 19.3 Å². The van der Waals surface area contributed by atoms with E-state index >= 15 is 0 Å². The van der Waals surface area contributed by atoms with Crippen LogP contribution in [0.4, 0.5) is 0 Å². The number of aliphatic hydroxyl groups excluding tert-OH is 3. The average molecular weight is 753 g/mol. The summed E-state index contributed by atoms with van der Waals surface area (Å²) in [6, 6.07) is -0.742. The van der Waals surface area contributed by atoms with Crippen LogP contribution < -0.4 is 5.73 Å². The van der Waals surface area contributed by atoms with Crippen molar-refractivity contribution < 1.29 is 48.9 Å². The van der Waals surface area contributed by atoms with Crippen molar-refractivity contribution in [3.05, 3.63) is 12.2 Å². The number of amides is 1. The molecule has 0 aliphatic carbocycles. The van der Waals surface area contributed by atoms with Crippen LogP contribution in [0.2, 0.25) is 0 Å². The molecule has 0 aromatic carbocycles. The lowest BCUT2D eigenvalue weighted by Gasteiger charge is -2.54. The van der Waals surface area contributed by atoms with Crippen molar-refractivity contribution in [1.29, 1.82) is 0 Å². The SMILES string of the molecule is CC[C@@H]([C@H](O)[C@@H](C)[C@@H](O)[C@H](N)[C@H]1CCC[C@H]([C@@H](CC)C(=O)N(C)C)O1)[C@H]1O[C@]2(C=C[C@@H](O)[C@]3(CCC([C@H]4CC[C@](O)(CC)[C@H](C)O4)O3)O2)[C@H](C)C[C@@H]1C. The van der Waals surface area contributed by atoms with Gasteiger partial charge in [0, 0.05) is 38.3 Å². The summed E-state index contributed by atoms with van der Waals surface area (Å²) in [5, 5.41) is 45.9. The molecule has 18 atom stereocenters. The first-order valence-electron chi connectivity index (χ1n) is 20.8. The van der Waals surface area contributed by atoms with E-state index in [-0.39, 0.29) is 54.0 Å². The van der Waals surface area contributed by atoms with E-state index in [9.17, 15) is 25.2 Å². The molecule has 1 amide bonds. The van der Waals surface area contributed by atoms with Gasteiger partial charge in [-0.05, 0) is 89.2 Å². The largest absolute Gasteiger partial charge is 0.392 e. The number of hydrogen-bond acceptors (Lipinski definition) is 11. The smallest absolute Gasteiger partial charge is 0.227 e. The zero-order valence-electron chi connectivity index (χ0n) is 33.9. The van der Waals surface area contributed by atoms with Crippen molar-refractivity contribution in [3.63, 3.8) is 0 Å². The van der Waals surface area contributed by atoms with Crippen LogP contribution in [0.15, 0.2) is 12.2 Å². The normalized spacial score (nSPS) is 44.0. The molecule has 12 heteroatoms. The van der Waals surface area contributed by atoms with Gasteiger partial charge in [-0.1, -0.05) is 41.5 Å². The highest BCUT2D eigenvalue weighted by Crippen LogP contribution is 2.51. The Morgan fingerprint density at radius 2 is 1.62 bits per heavy atom. The molecule has 4 saturated heterocycles. The summed E-state index contributed by atoms with van der Waals surface area (Å²) in [4.78, 5) is 14.5. The van der Waals surface area contributed by atoms with Crippen molar-refractivity contribution in [2.24, 2.45) is 35.3 Å². The number of rotatable bonds is 12. The minimum atomic E-state index is -1.31. The Hall–Kier alpha value is -1.19. The second-order valence-electron chi connectivity index (χ2n) is 17.5. The Labute approximate surface area is 318 Å². The van der Waals surface area contributed by atoms with E-state index < -0.39 is 59.7 Å². The summed E-state index contributed by atoms with van der Waals surface area (Å²) < 4.78 is 33.2. The van der Waals surface area contributed by atoms with E-state index in [1.54, 1.807) is 25.1 Å². The molecule has 6 N–H and O–H groups in total. The first kappa shape index (κ1) is 42.9. The molecule has 53 heavy (non-hydrogen) atoms. The highest BCUT2D eigenvalue weighted by atomic mass is 16.8. The Bertz CT molecular complexity index is 1250. The Morgan fingerprint density at radius 3 is 2.25 bits per heavy atom. The molecule has 5 aliphatic rings. The lowest BCUT2D eigenvalue weighted by molar-refractivity contribution is -0.403. The molecule has 12 nitrogen and oxygen atoms in total. The van der Waals surface area contributed by atoms with Gasteiger partial charge in [-0.25, -0.2) is 0 Å². The summed E-state index contributed by atoms with van der Waals surface area (Å²) in [5.41, 5.74) is 5.87. The first-order valence-corrected chi connectivity index (χ1v) is 20.8. The predicted molar refractivity (Wildman–Crippen MR) is 200 cm³/mol. The Kier molecular flexibility index (Phi) is 13.9. The third kappa shape index (κ3) is 8.43. The van der Waals surface area contributed by atoms with E-state index in [1.165, 1.54) is 0 Å². The van der Waals surface area contributed by atoms with Gasteiger partial charge in [0.05, 0.1) is 66.4 Å². The molecule has 5 heterocycles. The number of nitrogens with two attached hydrogens (primary N) is 1. The zero-order chi connectivity index (χ0) is 39.0. The van der Waals surface area contributed by atoms with Crippen molar-refractivity contribution in [3.8, 4) is 0 Å². The van der Waals surface area contributed by atoms with Crippen LogP contribution in [-0.4, -0.2) is 123 Å². The third-order valence-corrected chi connectivity index (χ3v) is 13.9. The lowest BCUT2D eigenvalue weighted by Crippen LogP contribution is -2.62. The van der Waals surface area contributed by atoms with Gasteiger partial charge in [-0.3, -0.25) is 4.79 Å². The Balaban J connectivity index is 1.27. The molecular weight excluding hydrogens is 680 g/mol. The van der Waals surface area contributed by atoms with Crippen LogP contribution in [0.5, 0.6) is 0 Å². The molecule has 0 saturated carbocycles. The second kappa shape index (κ2) is 17.1. The molecule has 5 rings (SSSR count). The number of nitrogens with zero attached hydrogens (tertiary/aromatic N) is 1. The highest BCUT2D eigenvalue weighted by molar-refractivity contribution is 5.78. The predicted octanol–water partition coefficient (Wildman–Crippen LogP) is 4.04. The van der Waals surface area contributed by atoms with Gasteiger partial charge in [-0.2, -0.15) is 0 Å². The van der Waals surface area contributed by atoms with Gasteiger partial charge >= 0.3 is 0 Å². The van der Waals surface area contributed by atoms with Gasteiger partial charge in [0.15, 0.2) is 5.79 Å². The van der Waals surface area contributed by atoms with Gasteiger partial charge in [0.2, 0.25) is 11.7 Å². The summed E-state index contributed by atoms with van der Waals surface area (Å²) in [7, 11) is 3.51. The van der Waals surface area contributed by atoms with Crippen molar-refractivity contribution >= 4 is 5.91 Å². The number of carbonyl (C=O) groups excluding carboxylic acids is 1. The molecule has 1 unspecified atom stereocenters. The molecule has 0 radical (unpaired) electrons. The van der Waals surface area contributed by atoms with Crippen LogP contribution in [-0.2, 0) is 28.5 Å². The number of aliphatic hydroxyl groups is 4. The van der Waals surface area contributed by atoms with Gasteiger partial charge in [0.1, 0.15) is 6.10 Å². The Morgan fingerprint density at radius 1 is 0.943 bits per heavy atom. The maximum Gasteiger partial charge on any atom is 0.227 e. The molecule has 306 valence electrons. The van der Waals surface area contributed by atoms with E-state index in [2.05, 4.69) is 13.8 Å². The minimum Gasteiger partial charge on any atom is -0.392 e.